The minimum atomic E-state index is -4.36. The molecule has 8 nitrogen and oxygen atoms in total. The average molecular weight is 892 g/mol. The van der Waals surface area contributed by atoms with Gasteiger partial charge in [-0.05, 0) is 64.2 Å². The fourth-order valence-electron chi connectivity index (χ4n) is 7.19. The fraction of sp³-hybridized carbons (Fsp3) is 0.792. The van der Waals surface area contributed by atoms with Gasteiger partial charge in [-0.2, -0.15) is 0 Å². The number of unbranched alkanes of at least 4 members (excludes halogenated alkanes) is 25. The van der Waals surface area contributed by atoms with Crippen molar-refractivity contribution >= 4 is 13.7 Å². The summed E-state index contributed by atoms with van der Waals surface area (Å²) in [6, 6.07) is -0.871. The number of nitrogens with zero attached hydrogens (tertiary/aromatic N) is 1. The number of hydrogen-bond donors (Lipinski definition) is 3. The highest BCUT2D eigenvalue weighted by molar-refractivity contribution is 7.47. The Balaban J connectivity index is 4.36. The summed E-state index contributed by atoms with van der Waals surface area (Å²) in [6.45, 7) is 4.68. The summed E-state index contributed by atoms with van der Waals surface area (Å²) in [5.74, 6) is -0.198. The number of aliphatic hydroxyl groups excluding tert-OH is 1. The molecule has 0 rings (SSSR count). The highest BCUT2D eigenvalue weighted by atomic mass is 31.2. The van der Waals surface area contributed by atoms with Gasteiger partial charge in [0.1, 0.15) is 13.2 Å². The molecule has 0 aromatic carbocycles. The molecule has 0 aromatic rings. The summed E-state index contributed by atoms with van der Waals surface area (Å²) in [5, 5.41) is 13.9. The molecule has 0 radical (unpaired) electrons. The van der Waals surface area contributed by atoms with Crippen LogP contribution in [0.2, 0.25) is 0 Å². The van der Waals surface area contributed by atoms with Crippen LogP contribution in [0.3, 0.4) is 0 Å². The Morgan fingerprint density at radius 3 is 1.48 bits per heavy atom. The van der Waals surface area contributed by atoms with Crippen LogP contribution in [0, 0.1) is 0 Å². The SMILES string of the molecule is CC/C=C\C/C=C\C/C=C\CCCCCCCCCC(=O)NC(COP(=O)(O)OCC[N+](C)(C)C)C(O)/C=C/CC/C=C/CCCCCCCCCCCCCCCCCCC. The summed E-state index contributed by atoms with van der Waals surface area (Å²) in [6.07, 6.45) is 58.8. The van der Waals surface area contributed by atoms with Crippen LogP contribution in [-0.4, -0.2) is 73.4 Å². The standard InChI is InChI=1S/C53H99N2O6P/c1-6-8-10-12-14-16-18-20-22-24-25-26-27-28-29-31-32-34-36-38-40-42-44-46-52(56)51(50-61-62(58,59)60-49-48-55(3,4)5)54-53(57)47-45-43-41-39-37-35-33-30-23-21-19-17-15-13-11-9-7-2/h9,11,15,17,21,23,36,38,44,46,51-52,56H,6-8,10,12-14,16,18-20,22,24-35,37,39-43,45,47-50H2,1-5H3,(H-,54,57,58,59)/p+1/b11-9-,17-15-,23-21-,38-36+,46-44+. The van der Waals surface area contributed by atoms with Crippen molar-refractivity contribution in [1.82, 2.24) is 5.32 Å². The monoisotopic (exact) mass is 892 g/mol. The molecule has 3 unspecified atom stereocenters. The predicted octanol–water partition coefficient (Wildman–Crippen LogP) is 15.0. The molecular weight excluding hydrogens is 792 g/mol. The maximum atomic E-state index is 12.9. The van der Waals surface area contributed by atoms with E-state index in [9.17, 15) is 19.4 Å². The number of rotatable bonds is 46. The summed E-state index contributed by atoms with van der Waals surface area (Å²) >= 11 is 0. The number of likely N-dealkylation sites (N-methyl/N-ethyl adjacent to an activating group) is 1. The fourth-order valence-corrected chi connectivity index (χ4v) is 7.93. The smallest absolute Gasteiger partial charge is 0.387 e. The van der Waals surface area contributed by atoms with E-state index in [0.717, 1.165) is 70.6 Å². The van der Waals surface area contributed by atoms with Gasteiger partial charge in [-0.25, -0.2) is 4.57 Å². The third kappa shape index (κ3) is 46.2. The number of nitrogens with one attached hydrogen (secondary N) is 1. The van der Waals surface area contributed by atoms with Gasteiger partial charge in [-0.15, -0.1) is 0 Å². The first-order chi connectivity index (χ1) is 30.0. The zero-order valence-corrected chi connectivity index (χ0v) is 42.0. The van der Waals surface area contributed by atoms with Crippen LogP contribution in [0.4, 0.5) is 0 Å². The number of carbonyl (C=O) groups is 1. The molecule has 0 aliphatic carbocycles. The lowest BCUT2D eigenvalue weighted by Gasteiger charge is -2.25. The molecule has 0 saturated carbocycles. The lowest BCUT2D eigenvalue weighted by atomic mass is 10.0. The van der Waals surface area contributed by atoms with Crippen molar-refractivity contribution in [3.05, 3.63) is 60.8 Å². The number of aliphatic hydroxyl groups is 1. The average Bonchev–Trinajstić information content (AvgIpc) is 3.23. The quantitative estimate of drug-likeness (QED) is 0.0243. The first-order valence-corrected chi connectivity index (χ1v) is 27.2. The molecular formula is C53H100N2O6P+. The Morgan fingerprint density at radius 2 is 0.984 bits per heavy atom. The molecule has 362 valence electrons. The van der Waals surface area contributed by atoms with E-state index in [1.165, 1.54) is 128 Å². The molecule has 3 atom stereocenters. The third-order valence-electron chi connectivity index (χ3n) is 11.2. The molecule has 0 aliphatic heterocycles. The minimum Gasteiger partial charge on any atom is -0.387 e. The second-order valence-electron chi connectivity index (χ2n) is 18.5. The van der Waals surface area contributed by atoms with Crippen LogP contribution in [0.5, 0.6) is 0 Å². The van der Waals surface area contributed by atoms with E-state index < -0.39 is 20.0 Å². The number of amides is 1. The Bertz CT molecular complexity index is 1190. The molecule has 0 aliphatic rings. The largest absolute Gasteiger partial charge is 0.472 e. The molecule has 0 heterocycles. The van der Waals surface area contributed by atoms with Gasteiger partial charge in [0.05, 0.1) is 39.9 Å². The van der Waals surface area contributed by atoms with E-state index in [2.05, 4.69) is 67.8 Å². The Kier molecular flexibility index (Phi) is 43.1. The number of carbonyl (C=O) groups excluding carboxylic acids is 1. The van der Waals surface area contributed by atoms with Crippen molar-refractivity contribution < 1.29 is 32.9 Å². The third-order valence-corrected chi connectivity index (χ3v) is 12.2. The van der Waals surface area contributed by atoms with E-state index >= 15 is 0 Å². The zero-order chi connectivity index (χ0) is 45.7. The Morgan fingerprint density at radius 1 is 0.565 bits per heavy atom. The van der Waals surface area contributed by atoms with Crippen LogP contribution in [0.15, 0.2) is 60.8 Å². The lowest BCUT2D eigenvalue weighted by molar-refractivity contribution is -0.870. The molecule has 0 spiro atoms. The Hall–Kier alpha value is -1.80. The normalized spacial score (nSPS) is 14.6. The van der Waals surface area contributed by atoms with Gasteiger partial charge in [0.25, 0.3) is 0 Å². The highest BCUT2D eigenvalue weighted by Gasteiger charge is 2.27. The molecule has 0 aromatic heterocycles. The number of phosphoric ester groups is 1. The van der Waals surface area contributed by atoms with Gasteiger partial charge < -0.3 is 19.8 Å². The molecule has 0 saturated heterocycles. The van der Waals surface area contributed by atoms with E-state index in [1.807, 2.05) is 27.2 Å². The molecule has 1 amide bonds. The van der Waals surface area contributed by atoms with Gasteiger partial charge in [0, 0.05) is 6.42 Å². The maximum absolute atomic E-state index is 12.9. The second-order valence-corrected chi connectivity index (χ2v) is 20.0. The summed E-state index contributed by atoms with van der Waals surface area (Å²) < 4.78 is 23.6. The van der Waals surface area contributed by atoms with Crippen LogP contribution in [0.1, 0.15) is 219 Å². The van der Waals surface area contributed by atoms with Crippen molar-refractivity contribution in [1.29, 1.82) is 0 Å². The van der Waals surface area contributed by atoms with Crippen LogP contribution < -0.4 is 5.32 Å². The number of quaternary nitrogens is 1. The van der Waals surface area contributed by atoms with Crippen molar-refractivity contribution in [3.63, 3.8) is 0 Å². The van der Waals surface area contributed by atoms with E-state index in [0.29, 0.717) is 17.4 Å². The maximum Gasteiger partial charge on any atom is 0.472 e. The first-order valence-electron chi connectivity index (χ1n) is 25.7. The lowest BCUT2D eigenvalue weighted by Crippen LogP contribution is -2.45. The molecule has 0 bridgehead atoms. The van der Waals surface area contributed by atoms with Crippen LogP contribution in [-0.2, 0) is 18.4 Å². The van der Waals surface area contributed by atoms with Crippen LogP contribution >= 0.6 is 7.82 Å². The van der Waals surface area contributed by atoms with E-state index in [1.54, 1.807) is 6.08 Å². The van der Waals surface area contributed by atoms with Gasteiger partial charge in [-0.3, -0.25) is 13.8 Å². The van der Waals surface area contributed by atoms with E-state index in [4.69, 9.17) is 9.05 Å². The van der Waals surface area contributed by atoms with Gasteiger partial charge in [0.2, 0.25) is 5.91 Å². The van der Waals surface area contributed by atoms with Crippen molar-refractivity contribution in [2.24, 2.45) is 0 Å². The first kappa shape index (κ1) is 60.2. The van der Waals surface area contributed by atoms with Crippen molar-refractivity contribution in [3.8, 4) is 0 Å². The number of allylic oxidation sites excluding steroid dienone is 9. The Labute approximate surface area is 383 Å². The summed E-state index contributed by atoms with van der Waals surface area (Å²) in [4.78, 5) is 23.2. The van der Waals surface area contributed by atoms with Gasteiger partial charge in [-0.1, -0.05) is 209 Å². The highest BCUT2D eigenvalue weighted by Crippen LogP contribution is 2.43. The predicted molar refractivity (Wildman–Crippen MR) is 267 cm³/mol. The summed E-state index contributed by atoms with van der Waals surface area (Å²) in [7, 11) is 1.54. The number of hydrogen-bond acceptors (Lipinski definition) is 5. The minimum absolute atomic E-state index is 0.0519. The van der Waals surface area contributed by atoms with Gasteiger partial charge in [0.15, 0.2) is 0 Å². The number of phosphoric acid groups is 1. The molecule has 3 N–H and O–H groups in total. The molecule has 9 heteroatoms. The van der Waals surface area contributed by atoms with Crippen molar-refractivity contribution in [2.75, 3.05) is 40.9 Å². The molecule has 0 fully saturated rings. The van der Waals surface area contributed by atoms with Crippen molar-refractivity contribution in [2.45, 2.75) is 231 Å². The van der Waals surface area contributed by atoms with E-state index in [-0.39, 0.29) is 19.1 Å². The topological polar surface area (TPSA) is 105 Å². The van der Waals surface area contributed by atoms with Gasteiger partial charge >= 0.3 is 7.82 Å². The zero-order valence-electron chi connectivity index (χ0n) is 41.1. The second kappa shape index (κ2) is 44.4. The summed E-state index contributed by atoms with van der Waals surface area (Å²) in [5.41, 5.74) is 0. The molecule has 62 heavy (non-hydrogen) atoms. The van der Waals surface area contributed by atoms with Crippen LogP contribution in [0.25, 0.3) is 0 Å².